The van der Waals surface area contributed by atoms with Crippen molar-refractivity contribution in [2.24, 2.45) is 0 Å². The van der Waals surface area contributed by atoms with Gasteiger partial charge in [-0.1, -0.05) is 17.7 Å². The Bertz CT molecular complexity index is 329. The van der Waals surface area contributed by atoms with Crippen molar-refractivity contribution in [3.05, 3.63) is 28.8 Å². The SMILES string of the molecule is Oc1cccc(Cl)c1CN1CCCNCC1. The molecular weight excluding hydrogens is 224 g/mol. The predicted molar refractivity (Wildman–Crippen MR) is 65.9 cm³/mol. The maximum Gasteiger partial charge on any atom is 0.121 e. The topological polar surface area (TPSA) is 35.5 Å². The Morgan fingerprint density at radius 2 is 2.19 bits per heavy atom. The van der Waals surface area contributed by atoms with E-state index in [4.69, 9.17) is 11.6 Å². The summed E-state index contributed by atoms with van der Waals surface area (Å²) >= 11 is 6.09. The van der Waals surface area contributed by atoms with Crippen LogP contribution in [-0.2, 0) is 6.54 Å². The van der Waals surface area contributed by atoms with Gasteiger partial charge in [0.15, 0.2) is 0 Å². The van der Waals surface area contributed by atoms with Gasteiger partial charge in [-0.05, 0) is 31.6 Å². The van der Waals surface area contributed by atoms with Crippen LogP contribution in [0, 0.1) is 0 Å². The first-order valence-corrected chi connectivity index (χ1v) is 6.04. The third-order valence-electron chi connectivity index (χ3n) is 2.91. The lowest BCUT2D eigenvalue weighted by Crippen LogP contribution is -2.27. The van der Waals surface area contributed by atoms with E-state index in [1.54, 1.807) is 12.1 Å². The van der Waals surface area contributed by atoms with Crippen LogP contribution in [0.4, 0.5) is 0 Å². The molecule has 3 nitrogen and oxygen atoms in total. The molecule has 1 saturated heterocycles. The largest absolute Gasteiger partial charge is 0.508 e. The van der Waals surface area contributed by atoms with Gasteiger partial charge < -0.3 is 10.4 Å². The fraction of sp³-hybridized carbons (Fsp3) is 0.500. The van der Waals surface area contributed by atoms with Gasteiger partial charge in [-0.2, -0.15) is 0 Å². The molecule has 0 amide bonds. The lowest BCUT2D eigenvalue weighted by Gasteiger charge is -2.20. The summed E-state index contributed by atoms with van der Waals surface area (Å²) in [6.07, 6.45) is 1.14. The van der Waals surface area contributed by atoms with E-state index in [9.17, 15) is 5.11 Å². The zero-order chi connectivity index (χ0) is 11.4. The molecule has 0 unspecified atom stereocenters. The van der Waals surface area contributed by atoms with Crippen LogP contribution in [0.3, 0.4) is 0 Å². The molecule has 0 spiro atoms. The monoisotopic (exact) mass is 240 g/mol. The predicted octanol–water partition coefficient (Wildman–Crippen LogP) is 1.84. The summed E-state index contributed by atoms with van der Waals surface area (Å²) in [7, 11) is 0. The van der Waals surface area contributed by atoms with Crippen LogP contribution in [0.15, 0.2) is 18.2 Å². The molecule has 2 N–H and O–H groups in total. The number of aromatic hydroxyl groups is 1. The number of phenolic OH excluding ortho intramolecular Hbond substituents is 1. The van der Waals surface area contributed by atoms with Crippen LogP contribution >= 0.6 is 11.6 Å². The summed E-state index contributed by atoms with van der Waals surface area (Å²) in [6.45, 7) is 4.87. The molecule has 0 saturated carbocycles. The summed E-state index contributed by atoms with van der Waals surface area (Å²) in [5.74, 6) is 0.296. The van der Waals surface area contributed by atoms with Gasteiger partial charge >= 0.3 is 0 Å². The molecular formula is C12H17ClN2O. The second kappa shape index (κ2) is 5.53. The number of halogens is 1. The lowest BCUT2D eigenvalue weighted by molar-refractivity contribution is 0.280. The minimum Gasteiger partial charge on any atom is -0.508 e. The molecule has 1 aliphatic heterocycles. The Balaban J connectivity index is 2.07. The van der Waals surface area contributed by atoms with Crippen LogP contribution in [0.5, 0.6) is 5.75 Å². The van der Waals surface area contributed by atoms with Crippen LogP contribution in [-0.4, -0.2) is 36.2 Å². The minimum absolute atomic E-state index is 0.296. The highest BCUT2D eigenvalue weighted by atomic mass is 35.5. The average molecular weight is 241 g/mol. The fourth-order valence-electron chi connectivity index (χ4n) is 1.99. The number of benzene rings is 1. The molecule has 16 heavy (non-hydrogen) atoms. The smallest absolute Gasteiger partial charge is 0.121 e. The summed E-state index contributed by atoms with van der Waals surface area (Å²) in [5.41, 5.74) is 0.839. The maximum atomic E-state index is 9.77. The zero-order valence-electron chi connectivity index (χ0n) is 9.25. The summed E-state index contributed by atoms with van der Waals surface area (Å²) in [6, 6.07) is 5.29. The third-order valence-corrected chi connectivity index (χ3v) is 3.26. The molecule has 88 valence electrons. The summed E-state index contributed by atoms with van der Waals surface area (Å²) < 4.78 is 0. The van der Waals surface area contributed by atoms with Crippen molar-refractivity contribution in [2.45, 2.75) is 13.0 Å². The molecule has 1 aromatic rings. The number of rotatable bonds is 2. The first kappa shape index (κ1) is 11.7. The van der Waals surface area contributed by atoms with E-state index in [0.29, 0.717) is 10.8 Å². The van der Waals surface area contributed by atoms with E-state index in [-0.39, 0.29) is 0 Å². The first-order chi connectivity index (χ1) is 7.77. The normalized spacial score (nSPS) is 18.3. The van der Waals surface area contributed by atoms with Gasteiger partial charge in [0.2, 0.25) is 0 Å². The number of hydrogen-bond donors (Lipinski definition) is 2. The number of nitrogens with zero attached hydrogens (tertiary/aromatic N) is 1. The van der Waals surface area contributed by atoms with E-state index >= 15 is 0 Å². The number of nitrogens with one attached hydrogen (secondary N) is 1. The molecule has 1 aromatic carbocycles. The summed E-state index contributed by atoms with van der Waals surface area (Å²) in [4.78, 5) is 2.32. The summed E-state index contributed by atoms with van der Waals surface area (Å²) in [5, 5.41) is 13.8. The molecule has 1 fully saturated rings. The van der Waals surface area contributed by atoms with Crippen molar-refractivity contribution in [2.75, 3.05) is 26.2 Å². The van der Waals surface area contributed by atoms with Crippen molar-refractivity contribution in [1.82, 2.24) is 10.2 Å². The van der Waals surface area contributed by atoms with Gasteiger partial charge in [0.1, 0.15) is 5.75 Å². The van der Waals surface area contributed by atoms with Crippen molar-refractivity contribution in [1.29, 1.82) is 0 Å². The average Bonchev–Trinajstić information content (AvgIpc) is 2.52. The Labute approximate surface area is 101 Å². The van der Waals surface area contributed by atoms with E-state index in [1.165, 1.54) is 0 Å². The molecule has 0 bridgehead atoms. The van der Waals surface area contributed by atoms with Gasteiger partial charge in [0.25, 0.3) is 0 Å². The number of phenols is 1. The number of hydrogen-bond acceptors (Lipinski definition) is 3. The van der Waals surface area contributed by atoms with Crippen LogP contribution in [0.2, 0.25) is 5.02 Å². The van der Waals surface area contributed by atoms with Crippen LogP contribution in [0.25, 0.3) is 0 Å². The molecule has 0 radical (unpaired) electrons. The van der Waals surface area contributed by atoms with Crippen molar-refractivity contribution in [3.8, 4) is 5.75 Å². The van der Waals surface area contributed by atoms with Gasteiger partial charge in [-0.25, -0.2) is 0 Å². The first-order valence-electron chi connectivity index (χ1n) is 5.67. The standard InChI is InChI=1S/C12H17ClN2O/c13-11-3-1-4-12(16)10(11)9-15-7-2-5-14-6-8-15/h1,3-4,14,16H,2,5-9H2. The highest BCUT2D eigenvalue weighted by Crippen LogP contribution is 2.26. The van der Waals surface area contributed by atoms with Crippen LogP contribution < -0.4 is 5.32 Å². The molecule has 0 aliphatic carbocycles. The van der Waals surface area contributed by atoms with Crippen molar-refractivity contribution < 1.29 is 5.11 Å². The molecule has 0 aromatic heterocycles. The van der Waals surface area contributed by atoms with Crippen molar-refractivity contribution in [3.63, 3.8) is 0 Å². The van der Waals surface area contributed by atoms with Gasteiger partial charge in [-0.15, -0.1) is 0 Å². The molecule has 0 atom stereocenters. The Hall–Kier alpha value is -0.770. The van der Waals surface area contributed by atoms with Crippen LogP contribution in [0.1, 0.15) is 12.0 Å². The van der Waals surface area contributed by atoms with E-state index < -0.39 is 0 Å². The van der Waals surface area contributed by atoms with E-state index in [2.05, 4.69) is 10.2 Å². The molecule has 2 rings (SSSR count). The van der Waals surface area contributed by atoms with Crippen molar-refractivity contribution >= 4 is 11.6 Å². The maximum absolute atomic E-state index is 9.77. The third kappa shape index (κ3) is 2.88. The van der Waals surface area contributed by atoms with Gasteiger partial charge in [0, 0.05) is 30.2 Å². The molecule has 1 aliphatic rings. The Kier molecular flexibility index (Phi) is 4.04. The fourth-order valence-corrected chi connectivity index (χ4v) is 2.22. The van der Waals surface area contributed by atoms with Gasteiger partial charge in [-0.3, -0.25) is 4.90 Å². The molecule has 1 heterocycles. The molecule has 4 heteroatoms. The zero-order valence-corrected chi connectivity index (χ0v) is 10.0. The second-order valence-electron chi connectivity index (χ2n) is 4.12. The lowest BCUT2D eigenvalue weighted by atomic mass is 10.2. The highest BCUT2D eigenvalue weighted by Gasteiger charge is 2.13. The quantitative estimate of drug-likeness (QED) is 0.828. The van der Waals surface area contributed by atoms with E-state index in [0.717, 1.165) is 44.7 Å². The minimum atomic E-state index is 0.296. The Morgan fingerprint density at radius 3 is 3.00 bits per heavy atom. The van der Waals surface area contributed by atoms with E-state index in [1.807, 2.05) is 6.07 Å². The van der Waals surface area contributed by atoms with Gasteiger partial charge in [0.05, 0.1) is 0 Å². The Morgan fingerprint density at radius 1 is 1.31 bits per heavy atom. The highest BCUT2D eigenvalue weighted by molar-refractivity contribution is 6.31. The second-order valence-corrected chi connectivity index (χ2v) is 4.52.